The Morgan fingerprint density at radius 2 is 1.85 bits per heavy atom. The number of carbonyl (C=O) groups is 2. The normalized spacial score (nSPS) is 53.3. The largest absolute Gasteiger partial charge is 0.458 e. The van der Waals surface area contributed by atoms with Crippen LogP contribution >= 0.6 is 0 Å². The molecule has 0 radical (unpaired) electrons. The molecule has 2 heterocycles. The van der Waals surface area contributed by atoms with Crippen molar-refractivity contribution in [1.29, 1.82) is 0 Å². The summed E-state index contributed by atoms with van der Waals surface area (Å²) in [6, 6.07) is 0. The number of rotatable bonds is 5. The van der Waals surface area contributed by atoms with Gasteiger partial charge in [0.05, 0.1) is 17.8 Å². The summed E-state index contributed by atoms with van der Waals surface area (Å²) in [4.78, 5) is 24.8. The summed E-state index contributed by atoms with van der Waals surface area (Å²) in [5.74, 6) is 0.152. The van der Waals surface area contributed by atoms with Crippen LogP contribution in [0.1, 0.15) is 71.6 Å². The van der Waals surface area contributed by atoms with Crippen LogP contribution in [0.3, 0.4) is 0 Å². The number of hydrogen-bond donors (Lipinski definition) is 3. The number of esters is 1. The standard InChI is InChI=1S/C30H44O9/c1-16-24(33)26(36-3)25(34)27(38-16)39-19-6-10-29(15-31)18(13-19)4-5-22-21(29)7-9-28(2)20(8-11-30(22,28)35)17-12-23(32)37-14-17/h12,15-16,18-22,24-27,33-35H,4-11,13-14H2,1-3H3/t16?,18-,19+,20-,21+,22-,24-,25?,26?,27-,28-,29-,30+/m1/s1. The predicted octanol–water partition coefficient (Wildman–Crippen LogP) is 2.29. The highest BCUT2D eigenvalue weighted by Crippen LogP contribution is 2.69. The van der Waals surface area contributed by atoms with Gasteiger partial charge in [0.15, 0.2) is 6.29 Å². The zero-order valence-corrected chi connectivity index (χ0v) is 23.3. The maximum atomic E-state index is 13.0. The van der Waals surface area contributed by atoms with Gasteiger partial charge >= 0.3 is 5.97 Å². The zero-order valence-electron chi connectivity index (χ0n) is 23.3. The van der Waals surface area contributed by atoms with E-state index >= 15 is 0 Å². The first-order valence-corrected chi connectivity index (χ1v) is 14.8. The van der Waals surface area contributed by atoms with E-state index in [9.17, 15) is 24.9 Å². The van der Waals surface area contributed by atoms with Crippen molar-refractivity contribution in [3.05, 3.63) is 11.6 Å². The maximum Gasteiger partial charge on any atom is 0.331 e. The Morgan fingerprint density at radius 1 is 1.05 bits per heavy atom. The van der Waals surface area contributed by atoms with Crippen molar-refractivity contribution < 1.29 is 43.9 Å². The van der Waals surface area contributed by atoms with Crippen LogP contribution in [0, 0.1) is 34.5 Å². The van der Waals surface area contributed by atoms with Gasteiger partial charge in [-0.05, 0) is 94.0 Å². The number of methoxy groups -OCH3 is 1. The molecule has 4 aliphatic carbocycles. The van der Waals surface area contributed by atoms with Gasteiger partial charge in [-0.1, -0.05) is 6.92 Å². The smallest absolute Gasteiger partial charge is 0.331 e. The first-order valence-electron chi connectivity index (χ1n) is 14.8. The lowest BCUT2D eigenvalue weighted by molar-refractivity contribution is -0.312. The highest BCUT2D eigenvalue weighted by Gasteiger charge is 2.68. The van der Waals surface area contributed by atoms with Gasteiger partial charge in [0.2, 0.25) is 0 Å². The molecule has 3 N–H and O–H groups in total. The molecule has 1 saturated heterocycles. The highest BCUT2D eigenvalue weighted by molar-refractivity contribution is 5.85. The number of fused-ring (bicyclic) bond motifs is 5. The van der Waals surface area contributed by atoms with Gasteiger partial charge in [-0.3, -0.25) is 0 Å². The van der Waals surface area contributed by atoms with Crippen LogP contribution in [0.15, 0.2) is 11.6 Å². The molecule has 0 aromatic heterocycles. The molecule has 0 aromatic rings. The minimum Gasteiger partial charge on any atom is -0.458 e. The lowest BCUT2D eigenvalue weighted by Gasteiger charge is -2.63. The van der Waals surface area contributed by atoms with Crippen LogP contribution in [-0.2, 0) is 28.5 Å². The third-order valence-corrected chi connectivity index (χ3v) is 12.1. The molecule has 9 heteroatoms. The van der Waals surface area contributed by atoms with Crippen LogP contribution in [0.2, 0.25) is 0 Å². The second kappa shape index (κ2) is 9.88. The average Bonchev–Trinajstić information content (AvgIpc) is 3.47. The molecule has 0 spiro atoms. The molecule has 4 saturated carbocycles. The number of aliphatic hydroxyl groups excluding tert-OH is 2. The second-order valence-electron chi connectivity index (χ2n) is 13.4. The molecule has 218 valence electrons. The van der Waals surface area contributed by atoms with Crippen molar-refractivity contribution in [3.8, 4) is 0 Å². The zero-order chi connectivity index (χ0) is 27.7. The van der Waals surface area contributed by atoms with Gasteiger partial charge in [0.25, 0.3) is 0 Å². The summed E-state index contributed by atoms with van der Waals surface area (Å²) in [7, 11) is 1.46. The van der Waals surface area contributed by atoms with Gasteiger partial charge in [-0.25, -0.2) is 4.79 Å². The van der Waals surface area contributed by atoms with Crippen LogP contribution in [0.25, 0.3) is 0 Å². The molecule has 0 aromatic carbocycles. The maximum absolute atomic E-state index is 13.0. The summed E-state index contributed by atoms with van der Waals surface area (Å²) in [5.41, 5.74) is -0.682. The van der Waals surface area contributed by atoms with E-state index in [1.54, 1.807) is 13.0 Å². The van der Waals surface area contributed by atoms with E-state index in [-0.39, 0.29) is 41.2 Å². The Morgan fingerprint density at radius 3 is 2.54 bits per heavy atom. The Kier molecular flexibility index (Phi) is 7.04. The van der Waals surface area contributed by atoms with E-state index in [0.717, 1.165) is 37.7 Å². The van der Waals surface area contributed by atoms with E-state index in [0.29, 0.717) is 32.3 Å². The second-order valence-corrected chi connectivity index (χ2v) is 13.4. The number of carbonyl (C=O) groups excluding carboxylic acids is 2. The van der Waals surface area contributed by atoms with Gasteiger partial charge in [0.1, 0.15) is 31.2 Å². The molecule has 0 amide bonds. The monoisotopic (exact) mass is 548 g/mol. The molecule has 5 fully saturated rings. The van der Waals surface area contributed by atoms with E-state index < -0.39 is 41.7 Å². The Hall–Kier alpha value is -1.36. The molecule has 6 aliphatic rings. The van der Waals surface area contributed by atoms with Crippen molar-refractivity contribution in [1.82, 2.24) is 0 Å². The fraction of sp³-hybridized carbons (Fsp3) is 0.867. The summed E-state index contributed by atoms with van der Waals surface area (Å²) < 4.78 is 22.6. The van der Waals surface area contributed by atoms with Crippen molar-refractivity contribution in [3.63, 3.8) is 0 Å². The molecule has 39 heavy (non-hydrogen) atoms. The topological polar surface area (TPSA) is 132 Å². The van der Waals surface area contributed by atoms with Gasteiger partial charge in [0, 0.05) is 24.0 Å². The molecular formula is C30H44O9. The lowest BCUT2D eigenvalue weighted by Crippen LogP contribution is -2.63. The summed E-state index contributed by atoms with van der Waals surface area (Å²) in [6.07, 6.45) is 5.39. The summed E-state index contributed by atoms with van der Waals surface area (Å²) in [5, 5.41) is 33.4. The number of hydrogen-bond acceptors (Lipinski definition) is 9. The van der Waals surface area contributed by atoms with Crippen LogP contribution < -0.4 is 0 Å². The molecule has 13 atom stereocenters. The Bertz CT molecular complexity index is 1010. The number of cyclic esters (lactones) is 1. The lowest BCUT2D eigenvalue weighted by atomic mass is 9.43. The fourth-order valence-electron chi connectivity index (χ4n) is 10.00. The first-order chi connectivity index (χ1) is 18.6. The molecule has 0 bridgehead atoms. The third-order valence-electron chi connectivity index (χ3n) is 12.1. The SMILES string of the molecule is COC1C(O)[C@@H](O[C@H]2CC[C@@]3(C=O)[C@H](CC[C@@H]4[C@@H]3CC[C@]3(C)[C@@H](C5=CC(=O)OC5)CC[C@]43O)C2)OC(C)[C@H]1O. The molecular weight excluding hydrogens is 504 g/mol. The van der Waals surface area contributed by atoms with Crippen LogP contribution in [0.5, 0.6) is 0 Å². The first kappa shape index (κ1) is 27.8. The van der Waals surface area contributed by atoms with Crippen LogP contribution in [0.4, 0.5) is 0 Å². The van der Waals surface area contributed by atoms with Gasteiger partial charge in [-0.2, -0.15) is 0 Å². The highest BCUT2D eigenvalue weighted by atomic mass is 16.7. The molecule has 9 nitrogen and oxygen atoms in total. The van der Waals surface area contributed by atoms with Crippen molar-refractivity contribution in [2.45, 2.75) is 114 Å². The van der Waals surface area contributed by atoms with E-state index in [2.05, 4.69) is 6.92 Å². The van der Waals surface area contributed by atoms with Gasteiger partial charge < -0.3 is 39.1 Å². The number of ether oxygens (including phenoxy) is 4. The van der Waals surface area contributed by atoms with E-state index in [1.807, 2.05) is 0 Å². The summed E-state index contributed by atoms with van der Waals surface area (Å²) >= 11 is 0. The van der Waals surface area contributed by atoms with E-state index in [4.69, 9.17) is 18.9 Å². The fourth-order valence-corrected chi connectivity index (χ4v) is 10.00. The Balaban J connectivity index is 1.18. The third kappa shape index (κ3) is 4.02. The van der Waals surface area contributed by atoms with Crippen molar-refractivity contribution in [2.24, 2.45) is 34.5 Å². The van der Waals surface area contributed by atoms with Crippen molar-refractivity contribution >= 4 is 12.3 Å². The van der Waals surface area contributed by atoms with Crippen LogP contribution in [-0.4, -0.2) is 83.7 Å². The van der Waals surface area contributed by atoms with E-state index in [1.165, 1.54) is 13.4 Å². The summed E-state index contributed by atoms with van der Waals surface area (Å²) in [6.45, 7) is 4.25. The molecule has 3 unspecified atom stereocenters. The minimum atomic E-state index is -1.11. The average molecular weight is 549 g/mol. The minimum absolute atomic E-state index is 0.0482. The Labute approximate surface area is 230 Å². The molecule has 6 rings (SSSR count). The quantitative estimate of drug-likeness (QED) is 0.269. The number of aliphatic hydroxyl groups is 3. The number of aldehydes is 1. The molecule has 2 aliphatic heterocycles. The van der Waals surface area contributed by atoms with Crippen molar-refractivity contribution in [2.75, 3.05) is 13.7 Å². The predicted molar refractivity (Wildman–Crippen MR) is 138 cm³/mol. The van der Waals surface area contributed by atoms with Gasteiger partial charge in [-0.15, -0.1) is 0 Å².